The molecule has 1 heterocycles. The third-order valence-electron chi connectivity index (χ3n) is 4.38. The topological polar surface area (TPSA) is 53.8 Å². The Hall–Kier alpha value is -1.78. The number of hydrogen-bond donors (Lipinski definition) is 1. The van der Waals surface area contributed by atoms with E-state index in [9.17, 15) is 9.18 Å². The van der Waals surface area contributed by atoms with Crippen molar-refractivity contribution in [2.75, 3.05) is 0 Å². The molecule has 3 rings (SSSR count). The molecule has 1 aliphatic carbocycles. The predicted molar refractivity (Wildman–Crippen MR) is 77.4 cm³/mol. The van der Waals surface area contributed by atoms with Gasteiger partial charge in [-0.25, -0.2) is 4.39 Å². The number of amides is 1. The van der Waals surface area contributed by atoms with Crippen LogP contribution in [-0.4, -0.2) is 17.6 Å². The molecule has 1 saturated carbocycles. The summed E-state index contributed by atoms with van der Waals surface area (Å²) in [6.07, 6.45) is 4.34. The van der Waals surface area contributed by atoms with Gasteiger partial charge in [-0.15, -0.1) is 0 Å². The van der Waals surface area contributed by atoms with Gasteiger partial charge in [0.25, 0.3) is 0 Å². The summed E-state index contributed by atoms with van der Waals surface area (Å²) in [6, 6.07) is 6.53. The summed E-state index contributed by atoms with van der Waals surface area (Å²) >= 11 is 0. The molecule has 0 aromatic heterocycles. The number of rotatable bonds is 4. The smallest absolute Gasteiger partial charge is 0.220 e. The minimum atomic E-state index is -0.250. The van der Waals surface area contributed by atoms with Crippen molar-refractivity contribution in [3.05, 3.63) is 35.6 Å². The Labute approximate surface area is 123 Å². The monoisotopic (exact) mass is 289 g/mol. The zero-order valence-electron chi connectivity index (χ0n) is 12.2. The van der Waals surface area contributed by atoms with Gasteiger partial charge in [0.2, 0.25) is 5.91 Å². The fraction of sp³-hybridized carbons (Fsp3) is 0.562. The van der Waals surface area contributed by atoms with E-state index < -0.39 is 0 Å². The van der Waals surface area contributed by atoms with E-state index in [-0.39, 0.29) is 29.3 Å². The van der Waals surface area contributed by atoms with Crippen LogP contribution in [0.2, 0.25) is 0 Å². The van der Waals surface area contributed by atoms with Crippen LogP contribution in [0.4, 0.5) is 4.39 Å². The standard InChI is InChI=1S/C16H20FN3O/c1-11(12-4-6-13(17)7-5-12)9-15(21)18-14-3-2-8-16(10-14)19-20-16/h4-7,11,14H,2-3,8-10H2,1H3,(H,18,21). The van der Waals surface area contributed by atoms with Crippen molar-refractivity contribution in [1.29, 1.82) is 0 Å². The molecule has 1 fully saturated rings. The van der Waals surface area contributed by atoms with E-state index in [1.807, 2.05) is 6.92 Å². The van der Waals surface area contributed by atoms with Crippen molar-refractivity contribution in [3.63, 3.8) is 0 Å². The van der Waals surface area contributed by atoms with Gasteiger partial charge in [-0.2, -0.15) is 10.2 Å². The van der Waals surface area contributed by atoms with Crippen LogP contribution in [-0.2, 0) is 4.79 Å². The lowest BCUT2D eigenvalue weighted by atomic mass is 9.88. The van der Waals surface area contributed by atoms with Crippen LogP contribution in [0, 0.1) is 5.82 Å². The molecule has 112 valence electrons. The van der Waals surface area contributed by atoms with E-state index in [0.29, 0.717) is 6.42 Å². The molecule has 5 heteroatoms. The molecule has 0 saturated heterocycles. The SMILES string of the molecule is CC(CC(=O)NC1CCCC2(C1)N=N2)c1ccc(F)cc1. The van der Waals surface area contributed by atoms with Crippen LogP contribution in [0.3, 0.4) is 0 Å². The molecule has 21 heavy (non-hydrogen) atoms. The summed E-state index contributed by atoms with van der Waals surface area (Å²) in [4.78, 5) is 12.1. The second-order valence-corrected chi connectivity index (χ2v) is 6.20. The Morgan fingerprint density at radius 3 is 2.81 bits per heavy atom. The van der Waals surface area contributed by atoms with Crippen molar-refractivity contribution < 1.29 is 9.18 Å². The van der Waals surface area contributed by atoms with Gasteiger partial charge in [-0.1, -0.05) is 19.1 Å². The average molecular weight is 289 g/mol. The van der Waals surface area contributed by atoms with E-state index in [1.54, 1.807) is 12.1 Å². The van der Waals surface area contributed by atoms with Crippen LogP contribution in [0.1, 0.15) is 50.5 Å². The van der Waals surface area contributed by atoms with Crippen LogP contribution in [0.15, 0.2) is 34.5 Å². The highest BCUT2D eigenvalue weighted by atomic mass is 19.1. The molecule has 0 bridgehead atoms. The van der Waals surface area contributed by atoms with Crippen molar-refractivity contribution in [2.45, 2.75) is 56.7 Å². The van der Waals surface area contributed by atoms with Gasteiger partial charge < -0.3 is 5.32 Å². The van der Waals surface area contributed by atoms with Crippen LogP contribution in [0.25, 0.3) is 0 Å². The quantitative estimate of drug-likeness (QED) is 0.905. The highest BCUT2D eigenvalue weighted by molar-refractivity contribution is 5.77. The van der Waals surface area contributed by atoms with Crippen LogP contribution in [0.5, 0.6) is 0 Å². The van der Waals surface area contributed by atoms with Gasteiger partial charge in [0.15, 0.2) is 5.66 Å². The van der Waals surface area contributed by atoms with Crippen LogP contribution >= 0.6 is 0 Å². The number of carbonyl (C=O) groups excluding carboxylic acids is 1. The van der Waals surface area contributed by atoms with Crippen molar-refractivity contribution >= 4 is 5.91 Å². The number of benzene rings is 1. The molecule has 1 spiro atoms. The van der Waals surface area contributed by atoms with Crippen molar-refractivity contribution in [3.8, 4) is 0 Å². The summed E-state index contributed by atoms with van der Waals surface area (Å²) in [6.45, 7) is 1.99. The van der Waals surface area contributed by atoms with E-state index in [4.69, 9.17) is 0 Å². The minimum absolute atomic E-state index is 0.0505. The Morgan fingerprint density at radius 1 is 1.43 bits per heavy atom. The number of nitrogens with one attached hydrogen (secondary N) is 1. The van der Waals surface area contributed by atoms with E-state index in [2.05, 4.69) is 15.5 Å². The average Bonchev–Trinajstić information content (AvgIpc) is 3.18. The maximum Gasteiger partial charge on any atom is 0.220 e. The fourth-order valence-corrected chi connectivity index (χ4v) is 3.08. The lowest BCUT2D eigenvalue weighted by molar-refractivity contribution is -0.122. The largest absolute Gasteiger partial charge is 0.353 e. The predicted octanol–water partition coefficient (Wildman–Crippen LogP) is 3.54. The zero-order chi connectivity index (χ0) is 14.9. The first-order valence-corrected chi connectivity index (χ1v) is 7.55. The molecular weight excluding hydrogens is 269 g/mol. The van der Waals surface area contributed by atoms with E-state index in [1.165, 1.54) is 12.1 Å². The van der Waals surface area contributed by atoms with E-state index >= 15 is 0 Å². The number of halogens is 1. The molecule has 2 aliphatic rings. The van der Waals surface area contributed by atoms with Gasteiger partial charge >= 0.3 is 0 Å². The van der Waals surface area contributed by atoms with Gasteiger partial charge in [0.1, 0.15) is 5.82 Å². The van der Waals surface area contributed by atoms with Crippen LogP contribution < -0.4 is 5.32 Å². The summed E-state index contributed by atoms with van der Waals surface area (Å²) in [5, 5.41) is 11.3. The second kappa shape index (κ2) is 5.54. The highest BCUT2D eigenvalue weighted by Gasteiger charge is 2.44. The molecular formula is C16H20FN3O. The Kier molecular flexibility index (Phi) is 3.74. The molecule has 1 amide bonds. The Morgan fingerprint density at radius 2 is 2.14 bits per heavy atom. The summed E-state index contributed by atoms with van der Waals surface area (Å²) in [5.41, 5.74) is 0.817. The molecule has 2 unspecified atom stereocenters. The lowest BCUT2D eigenvalue weighted by Gasteiger charge is -2.27. The Balaban J connectivity index is 1.50. The highest BCUT2D eigenvalue weighted by Crippen LogP contribution is 2.42. The fourth-order valence-electron chi connectivity index (χ4n) is 3.08. The third-order valence-corrected chi connectivity index (χ3v) is 4.38. The molecule has 1 N–H and O–H groups in total. The lowest BCUT2D eigenvalue weighted by Crippen LogP contribution is -2.41. The molecule has 1 aliphatic heterocycles. The first-order valence-electron chi connectivity index (χ1n) is 7.55. The maximum atomic E-state index is 12.9. The summed E-state index contributed by atoms with van der Waals surface area (Å²) in [5.74, 6) is -0.118. The summed E-state index contributed by atoms with van der Waals surface area (Å²) in [7, 11) is 0. The molecule has 2 atom stereocenters. The molecule has 1 aromatic rings. The number of hydrogen-bond acceptors (Lipinski definition) is 3. The molecule has 1 aromatic carbocycles. The van der Waals surface area contributed by atoms with Gasteiger partial charge in [-0.05, 0) is 42.9 Å². The van der Waals surface area contributed by atoms with Gasteiger partial charge in [0, 0.05) is 18.9 Å². The van der Waals surface area contributed by atoms with Crippen molar-refractivity contribution in [1.82, 2.24) is 5.32 Å². The number of carbonyl (C=O) groups is 1. The Bertz CT molecular complexity index is 549. The van der Waals surface area contributed by atoms with Gasteiger partial charge in [-0.3, -0.25) is 4.79 Å². The first kappa shape index (κ1) is 14.2. The summed E-state index contributed by atoms with van der Waals surface area (Å²) < 4.78 is 12.9. The van der Waals surface area contributed by atoms with Crippen molar-refractivity contribution in [2.24, 2.45) is 10.2 Å². The molecule has 4 nitrogen and oxygen atoms in total. The zero-order valence-corrected chi connectivity index (χ0v) is 12.2. The second-order valence-electron chi connectivity index (χ2n) is 6.20. The third kappa shape index (κ3) is 3.46. The normalized spacial score (nSPS) is 23.8. The maximum absolute atomic E-state index is 12.9. The minimum Gasteiger partial charge on any atom is -0.353 e. The first-order chi connectivity index (χ1) is 10.1. The van der Waals surface area contributed by atoms with Gasteiger partial charge in [0.05, 0.1) is 0 Å². The number of nitrogens with zero attached hydrogens (tertiary/aromatic N) is 2. The van der Waals surface area contributed by atoms with E-state index in [0.717, 1.165) is 31.2 Å². The molecule has 0 radical (unpaired) electrons.